The summed E-state index contributed by atoms with van der Waals surface area (Å²) >= 11 is 0. The SMILES string of the molecule is CON=Cc1cc(-c2ccc(C)cc2)n(-c2ccc(S(N)(=O)=O)cc2)n1. The van der Waals surface area contributed by atoms with Crippen LogP contribution in [0.3, 0.4) is 0 Å². The Morgan fingerprint density at radius 3 is 2.35 bits per heavy atom. The number of aromatic nitrogens is 2. The zero-order valence-electron chi connectivity index (χ0n) is 14.3. The van der Waals surface area contributed by atoms with Gasteiger partial charge < -0.3 is 4.84 Å². The van der Waals surface area contributed by atoms with Crippen molar-refractivity contribution in [1.82, 2.24) is 9.78 Å². The molecule has 3 rings (SSSR count). The molecule has 0 unspecified atom stereocenters. The number of rotatable bonds is 5. The molecule has 26 heavy (non-hydrogen) atoms. The third-order valence-electron chi connectivity index (χ3n) is 3.78. The van der Waals surface area contributed by atoms with Crippen molar-refractivity contribution in [3.63, 3.8) is 0 Å². The van der Waals surface area contributed by atoms with E-state index >= 15 is 0 Å². The molecule has 0 aliphatic rings. The van der Waals surface area contributed by atoms with Crippen molar-refractivity contribution in [2.45, 2.75) is 11.8 Å². The Hall–Kier alpha value is -2.97. The molecule has 2 N–H and O–H groups in total. The Kier molecular flexibility index (Phi) is 4.88. The zero-order valence-corrected chi connectivity index (χ0v) is 15.1. The van der Waals surface area contributed by atoms with Crippen molar-refractivity contribution in [3.05, 3.63) is 65.9 Å². The fourth-order valence-corrected chi connectivity index (χ4v) is 2.99. The fourth-order valence-electron chi connectivity index (χ4n) is 2.47. The Bertz CT molecular complexity index is 1040. The van der Waals surface area contributed by atoms with E-state index in [-0.39, 0.29) is 4.90 Å². The molecular weight excluding hydrogens is 352 g/mol. The predicted octanol–water partition coefficient (Wildman–Crippen LogP) is 2.48. The number of hydrogen-bond acceptors (Lipinski definition) is 5. The monoisotopic (exact) mass is 370 g/mol. The summed E-state index contributed by atoms with van der Waals surface area (Å²) in [5, 5.41) is 13.4. The lowest BCUT2D eigenvalue weighted by Gasteiger charge is -2.08. The minimum absolute atomic E-state index is 0.0476. The first kappa shape index (κ1) is 17.8. The van der Waals surface area contributed by atoms with Crippen LogP contribution in [-0.4, -0.2) is 31.5 Å². The van der Waals surface area contributed by atoms with Gasteiger partial charge in [-0.05, 0) is 37.3 Å². The van der Waals surface area contributed by atoms with Crippen molar-refractivity contribution >= 4 is 16.2 Å². The second kappa shape index (κ2) is 7.11. The van der Waals surface area contributed by atoms with E-state index in [0.717, 1.165) is 16.8 Å². The van der Waals surface area contributed by atoms with E-state index < -0.39 is 10.0 Å². The lowest BCUT2D eigenvalue weighted by Crippen LogP contribution is -2.12. The second-order valence-corrected chi connectivity index (χ2v) is 7.25. The van der Waals surface area contributed by atoms with Crippen LogP contribution in [0, 0.1) is 6.92 Å². The molecular formula is C18H18N4O3S. The van der Waals surface area contributed by atoms with Gasteiger partial charge >= 0.3 is 0 Å². The summed E-state index contributed by atoms with van der Waals surface area (Å²) in [5.41, 5.74) is 4.27. The minimum Gasteiger partial charge on any atom is -0.399 e. The molecule has 0 radical (unpaired) electrons. The van der Waals surface area contributed by atoms with Crippen molar-refractivity contribution in [2.24, 2.45) is 10.3 Å². The summed E-state index contributed by atoms with van der Waals surface area (Å²) in [7, 11) is -2.28. The molecule has 8 heteroatoms. The van der Waals surface area contributed by atoms with E-state index in [0.29, 0.717) is 11.4 Å². The maximum Gasteiger partial charge on any atom is 0.238 e. The number of nitrogens with zero attached hydrogens (tertiary/aromatic N) is 3. The number of oxime groups is 1. The highest BCUT2D eigenvalue weighted by Crippen LogP contribution is 2.24. The molecule has 0 aliphatic heterocycles. The van der Waals surface area contributed by atoms with Crippen molar-refractivity contribution < 1.29 is 13.3 Å². The summed E-state index contributed by atoms with van der Waals surface area (Å²) in [5.74, 6) is 0. The van der Waals surface area contributed by atoms with Gasteiger partial charge in [-0.3, -0.25) is 0 Å². The van der Waals surface area contributed by atoms with Crippen molar-refractivity contribution in [1.29, 1.82) is 0 Å². The normalized spacial score (nSPS) is 11.8. The van der Waals surface area contributed by atoms with E-state index in [1.54, 1.807) is 16.8 Å². The van der Waals surface area contributed by atoms with Crippen LogP contribution in [0.5, 0.6) is 0 Å². The molecule has 3 aromatic rings. The van der Waals surface area contributed by atoms with Gasteiger partial charge in [0, 0.05) is 5.56 Å². The highest BCUT2D eigenvalue weighted by atomic mass is 32.2. The maximum atomic E-state index is 11.4. The van der Waals surface area contributed by atoms with Crippen LogP contribution in [0.15, 0.2) is 64.6 Å². The molecule has 0 fully saturated rings. The van der Waals surface area contributed by atoms with Gasteiger partial charge in [-0.1, -0.05) is 35.0 Å². The van der Waals surface area contributed by atoms with E-state index in [1.165, 1.54) is 25.5 Å². The number of primary sulfonamides is 1. The number of hydrogen-bond donors (Lipinski definition) is 1. The van der Waals surface area contributed by atoms with Gasteiger partial charge in [-0.15, -0.1) is 0 Å². The number of aryl methyl sites for hydroxylation is 1. The van der Waals surface area contributed by atoms with Gasteiger partial charge in [0.15, 0.2) is 0 Å². The Balaban J connectivity index is 2.11. The highest BCUT2D eigenvalue weighted by Gasteiger charge is 2.13. The standard InChI is InChI=1S/C18H18N4O3S/c1-13-3-5-14(6-4-13)18-11-15(12-20-25-2)21-22(18)16-7-9-17(10-8-16)26(19,23)24/h3-12H,1-2H3,(H2,19,23,24). The van der Waals surface area contributed by atoms with E-state index in [4.69, 9.17) is 9.98 Å². The first-order valence-corrected chi connectivity index (χ1v) is 9.30. The van der Waals surface area contributed by atoms with Gasteiger partial charge in [0.2, 0.25) is 10.0 Å². The third kappa shape index (κ3) is 3.81. The molecule has 0 amide bonds. The lowest BCUT2D eigenvalue weighted by molar-refractivity contribution is 0.215. The molecule has 1 aromatic heterocycles. The fraction of sp³-hybridized carbons (Fsp3) is 0.111. The average molecular weight is 370 g/mol. The topological polar surface area (TPSA) is 99.6 Å². The summed E-state index contributed by atoms with van der Waals surface area (Å²) in [6, 6.07) is 16.1. The van der Waals surface area contributed by atoms with Crippen molar-refractivity contribution in [2.75, 3.05) is 7.11 Å². The smallest absolute Gasteiger partial charge is 0.238 e. The predicted molar refractivity (Wildman–Crippen MR) is 99.7 cm³/mol. The van der Waals surface area contributed by atoms with Gasteiger partial charge in [0.25, 0.3) is 0 Å². The minimum atomic E-state index is -3.74. The van der Waals surface area contributed by atoms with Crippen molar-refractivity contribution in [3.8, 4) is 16.9 Å². The average Bonchev–Trinajstić information content (AvgIpc) is 3.04. The van der Waals surface area contributed by atoms with Crippen LogP contribution in [0.25, 0.3) is 16.9 Å². The van der Waals surface area contributed by atoms with E-state index in [2.05, 4.69) is 10.3 Å². The molecule has 2 aromatic carbocycles. The molecule has 1 heterocycles. The second-order valence-electron chi connectivity index (χ2n) is 5.69. The molecule has 0 atom stereocenters. The van der Waals surface area contributed by atoms with Crippen LogP contribution in [0.4, 0.5) is 0 Å². The maximum absolute atomic E-state index is 11.4. The quantitative estimate of drug-likeness (QED) is 0.551. The van der Waals surface area contributed by atoms with Gasteiger partial charge in [-0.2, -0.15) is 5.10 Å². The third-order valence-corrected chi connectivity index (χ3v) is 4.71. The first-order valence-electron chi connectivity index (χ1n) is 7.75. The first-order chi connectivity index (χ1) is 12.4. The largest absolute Gasteiger partial charge is 0.399 e. The van der Waals surface area contributed by atoms with Crippen LogP contribution in [0.1, 0.15) is 11.3 Å². The number of sulfonamides is 1. The molecule has 0 spiro atoms. The van der Waals surface area contributed by atoms with E-state index in [9.17, 15) is 8.42 Å². The molecule has 0 saturated heterocycles. The van der Waals surface area contributed by atoms with Gasteiger partial charge in [-0.25, -0.2) is 18.2 Å². The Morgan fingerprint density at radius 1 is 1.12 bits per heavy atom. The van der Waals surface area contributed by atoms with Crippen LogP contribution in [-0.2, 0) is 14.9 Å². The molecule has 7 nitrogen and oxygen atoms in total. The summed E-state index contributed by atoms with van der Waals surface area (Å²) in [4.78, 5) is 4.76. The van der Waals surface area contributed by atoms with Crippen LogP contribution < -0.4 is 5.14 Å². The molecule has 0 saturated carbocycles. The van der Waals surface area contributed by atoms with E-state index in [1.807, 2.05) is 37.3 Å². The van der Waals surface area contributed by atoms with Gasteiger partial charge in [0.05, 0.1) is 22.5 Å². The van der Waals surface area contributed by atoms with Gasteiger partial charge in [0.1, 0.15) is 12.8 Å². The highest BCUT2D eigenvalue weighted by molar-refractivity contribution is 7.89. The number of benzene rings is 2. The summed E-state index contributed by atoms with van der Waals surface area (Å²) in [6.07, 6.45) is 1.51. The molecule has 134 valence electrons. The molecule has 0 bridgehead atoms. The summed E-state index contributed by atoms with van der Waals surface area (Å²) in [6.45, 7) is 2.02. The Labute approximate surface area is 151 Å². The number of nitrogens with two attached hydrogens (primary N) is 1. The molecule has 0 aliphatic carbocycles. The Morgan fingerprint density at radius 2 is 1.77 bits per heavy atom. The zero-order chi connectivity index (χ0) is 18.7. The van der Waals surface area contributed by atoms with Crippen LogP contribution >= 0.6 is 0 Å². The lowest BCUT2D eigenvalue weighted by atomic mass is 10.1. The van der Waals surface area contributed by atoms with Crippen LogP contribution in [0.2, 0.25) is 0 Å². The summed E-state index contributed by atoms with van der Waals surface area (Å²) < 4.78 is 24.6.